The first-order chi connectivity index (χ1) is 10.7. The van der Waals surface area contributed by atoms with Gasteiger partial charge < -0.3 is 19.5 Å². The Labute approximate surface area is 131 Å². The van der Waals surface area contributed by atoms with E-state index in [2.05, 4.69) is 12.1 Å². The average molecular weight is 299 g/mol. The third-order valence-electron chi connectivity index (χ3n) is 3.59. The molecule has 0 saturated heterocycles. The summed E-state index contributed by atoms with van der Waals surface area (Å²) < 4.78 is 5.21. The van der Waals surface area contributed by atoms with Crippen LogP contribution in [0.1, 0.15) is 11.1 Å². The van der Waals surface area contributed by atoms with Gasteiger partial charge in [0, 0.05) is 12.0 Å². The van der Waals surface area contributed by atoms with E-state index >= 15 is 0 Å². The van der Waals surface area contributed by atoms with E-state index < -0.39 is 5.97 Å². The van der Waals surface area contributed by atoms with Gasteiger partial charge in [0.15, 0.2) is 0 Å². The Morgan fingerprint density at radius 1 is 1.09 bits per heavy atom. The van der Waals surface area contributed by atoms with Crippen LogP contribution in [0.15, 0.2) is 54.6 Å². The minimum Gasteiger partial charge on any atom is -0.544 e. The van der Waals surface area contributed by atoms with Gasteiger partial charge in [0.1, 0.15) is 18.8 Å². The van der Waals surface area contributed by atoms with Crippen LogP contribution in [0, 0.1) is 0 Å². The van der Waals surface area contributed by atoms with Crippen LogP contribution in [-0.4, -0.2) is 26.2 Å². The Morgan fingerprint density at radius 2 is 1.82 bits per heavy atom. The van der Waals surface area contributed by atoms with Crippen molar-refractivity contribution >= 4 is 5.97 Å². The lowest BCUT2D eigenvalue weighted by Gasteiger charge is -2.20. The fraction of sp³-hybridized carbons (Fsp3) is 0.278. The molecule has 0 radical (unpaired) electrons. The second-order valence-electron chi connectivity index (χ2n) is 5.31. The number of carbonyl (C=O) groups is 1. The minimum atomic E-state index is -1.02. The number of rotatable bonds is 8. The monoisotopic (exact) mass is 299 g/mol. The van der Waals surface area contributed by atoms with Crippen molar-refractivity contribution in [2.75, 3.05) is 20.2 Å². The Bertz CT molecular complexity index is 598. The molecule has 2 aromatic rings. The zero-order valence-electron chi connectivity index (χ0n) is 12.7. The summed E-state index contributed by atoms with van der Waals surface area (Å²) in [6, 6.07) is 17.8. The van der Waals surface area contributed by atoms with Crippen LogP contribution in [0.25, 0.3) is 0 Å². The molecule has 0 spiro atoms. The number of carbonyl (C=O) groups excluding carboxylic acids is 1. The van der Waals surface area contributed by atoms with Crippen molar-refractivity contribution in [3.05, 3.63) is 65.7 Å². The Hall–Kier alpha value is -2.33. The number of ether oxygens (including phenoxy) is 1. The minimum absolute atomic E-state index is 0.00401. The first-order valence-corrected chi connectivity index (χ1v) is 7.37. The number of benzene rings is 2. The van der Waals surface area contributed by atoms with Gasteiger partial charge in [-0.15, -0.1) is 0 Å². The van der Waals surface area contributed by atoms with Crippen LogP contribution in [-0.2, 0) is 17.8 Å². The number of methoxy groups -OCH3 is 1. The topological polar surface area (TPSA) is 53.8 Å². The molecule has 0 fully saturated rings. The number of hydrogen-bond acceptors (Lipinski definition) is 3. The summed E-state index contributed by atoms with van der Waals surface area (Å²) >= 11 is 0. The first-order valence-electron chi connectivity index (χ1n) is 7.37. The van der Waals surface area contributed by atoms with Gasteiger partial charge in [-0.2, -0.15) is 0 Å². The smallest absolute Gasteiger partial charge is 0.119 e. The number of carboxylic acid groups (broad SMARTS) is 1. The van der Waals surface area contributed by atoms with Crippen LogP contribution in [0.3, 0.4) is 0 Å². The molecule has 0 amide bonds. The average Bonchev–Trinajstić information content (AvgIpc) is 2.53. The lowest BCUT2D eigenvalue weighted by atomic mass is 10.1. The Kier molecular flexibility index (Phi) is 5.98. The number of aliphatic carboxylic acids is 1. The summed E-state index contributed by atoms with van der Waals surface area (Å²) in [6.45, 7) is 1.39. The van der Waals surface area contributed by atoms with Crippen LogP contribution >= 0.6 is 0 Å². The van der Waals surface area contributed by atoms with Crippen LogP contribution in [0.5, 0.6) is 5.75 Å². The largest absolute Gasteiger partial charge is 0.544 e. The molecule has 4 heteroatoms. The number of hydrogen-bond donors (Lipinski definition) is 1. The van der Waals surface area contributed by atoms with Gasteiger partial charge in [-0.1, -0.05) is 42.5 Å². The summed E-state index contributed by atoms with van der Waals surface area (Å²) in [5, 5.41) is 11.0. The van der Waals surface area contributed by atoms with Crippen molar-refractivity contribution in [3.63, 3.8) is 0 Å². The number of carboxylic acids is 1. The van der Waals surface area contributed by atoms with Crippen LogP contribution in [0.4, 0.5) is 0 Å². The van der Waals surface area contributed by atoms with E-state index in [1.165, 1.54) is 5.56 Å². The van der Waals surface area contributed by atoms with Gasteiger partial charge in [0.2, 0.25) is 0 Å². The molecule has 0 aliphatic carbocycles. The molecule has 1 atom stereocenters. The quantitative estimate of drug-likeness (QED) is 0.751. The second kappa shape index (κ2) is 8.20. The van der Waals surface area contributed by atoms with E-state index in [1.54, 1.807) is 7.11 Å². The fourth-order valence-corrected chi connectivity index (χ4v) is 2.48. The molecule has 1 unspecified atom stereocenters. The standard InChI is InChI=1S/C18H21NO3/c1-22-17-9-5-8-16(12-17)13-19(14-18(20)21)11-10-15-6-3-2-4-7-15/h2-9,12H,10-11,13-14H2,1H3,(H,20,21). The zero-order chi connectivity index (χ0) is 15.8. The molecule has 22 heavy (non-hydrogen) atoms. The van der Waals surface area contributed by atoms with Gasteiger partial charge >= 0.3 is 0 Å². The molecule has 2 aromatic carbocycles. The highest BCUT2D eigenvalue weighted by Gasteiger charge is 2.11. The summed E-state index contributed by atoms with van der Waals surface area (Å²) in [6.07, 6.45) is 0.841. The first kappa shape index (κ1) is 16.0. The molecular formula is C18H21NO3. The normalized spacial score (nSPS) is 11.9. The van der Waals surface area contributed by atoms with Crippen molar-refractivity contribution in [2.24, 2.45) is 0 Å². The number of quaternary nitrogens is 1. The highest BCUT2D eigenvalue weighted by atomic mass is 16.5. The predicted molar refractivity (Wildman–Crippen MR) is 82.5 cm³/mol. The van der Waals surface area contributed by atoms with Gasteiger partial charge in [0.25, 0.3) is 0 Å². The van der Waals surface area contributed by atoms with E-state index in [-0.39, 0.29) is 6.54 Å². The molecular weight excluding hydrogens is 278 g/mol. The molecule has 116 valence electrons. The van der Waals surface area contributed by atoms with E-state index in [0.717, 1.165) is 29.2 Å². The van der Waals surface area contributed by atoms with Gasteiger partial charge in [-0.25, -0.2) is 0 Å². The molecule has 0 aliphatic rings. The highest BCUT2D eigenvalue weighted by molar-refractivity contribution is 5.65. The van der Waals surface area contributed by atoms with E-state index in [4.69, 9.17) is 4.74 Å². The lowest BCUT2D eigenvalue weighted by Crippen LogP contribution is -3.12. The van der Waals surface area contributed by atoms with Crippen molar-refractivity contribution < 1.29 is 19.5 Å². The van der Waals surface area contributed by atoms with Crippen molar-refractivity contribution in [1.82, 2.24) is 0 Å². The molecule has 0 saturated carbocycles. The van der Waals surface area contributed by atoms with Gasteiger partial charge in [0.05, 0.1) is 19.6 Å². The maximum Gasteiger partial charge on any atom is 0.119 e. The van der Waals surface area contributed by atoms with Crippen LogP contribution < -0.4 is 14.7 Å². The van der Waals surface area contributed by atoms with E-state index in [9.17, 15) is 9.90 Å². The summed E-state index contributed by atoms with van der Waals surface area (Å²) in [7, 11) is 1.63. The Morgan fingerprint density at radius 3 is 2.50 bits per heavy atom. The molecule has 1 N–H and O–H groups in total. The molecule has 4 nitrogen and oxygen atoms in total. The third-order valence-corrected chi connectivity index (χ3v) is 3.59. The second-order valence-corrected chi connectivity index (χ2v) is 5.31. The molecule has 0 bridgehead atoms. The zero-order valence-corrected chi connectivity index (χ0v) is 12.7. The SMILES string of the molecule is COc1cccc(C[NH+](CCc2ccccc2)CC(=O)[O-])c1. The van der Waals surface area contributed by atoms with Crippen LogP contribution in [0.2, 0.25) is 0 Å². The van der Waals surface area contributed by atoms with Gasteiger partial charge in [-0.3, -0.25) is 0 Å². The maximum absolute atomic E-state index is 11.0. The summed E-state index contributed by atoms with van der Waals surface area (Å²) in [5.74, 6) is -0.237. The molecule has 2 rings (SSSR count). The summed E-state index contributed by atoms with van der Waals surface area (Å²) in [5.41, 5.74) is 2.27. The predicted octanol–water partition coefficient (Wildman–Crippen LogP) is 0.0727. The molecule has 0 aliphatic heterocycles. The number of nitrogens with one attached hydrogen (secondary N) is 1. The molecule has 0 heterocycles. The highest BCUT2D eigenvalue weighted by Crippen LogP contribution is 2.11. The Balaban J connectivity index is 2.00. The van der Waals surface area contributed by atoms with Crippen molar-refractivity contribution in [2.45, 2.75) is 13.0 Å². The maximum atomic E-state index is 11.0. The van der Waals surface area contributed by atoms with Crippen molar-refractivity contribution in [1.29, 1.82) is 0 Å². The summed E-state index contributed by atoms with van der Waals surface area (Å²) in [4.78, 5) is 11.9. The van der Waals surface area contributed by atoms with Gasteiger partial charge in [-0.05, 0) is 17.7 Å². The lowest BCUT2D eigenvalue weighted by molar-refractivity contribution is -0.908. The molecule has 0 aromatic heterocycles. The fourth-order valence-electron chi connectivity index (χ4n) is 2.48. The third kappa shape index (κ3) is 5.22. The van der Waals surface area contributed by atoms with E-state index in [0.29, 0.717) is 6.54 Å². The van der Waals surface area contributed by atoms with Crippen molar-refractivity contribution in [3.8, 4) is 5.75 Å². The van der Waals surface area contributed by atoms with E-state index in [1.807, 2.05) is 42.5 Å².